The Morgan fingerprint density at radius 1 is 1.10 bits per heavy atom. The summed E-state index contributed by atoms with van der Waals surface area (Å²) in [5, 5.41) is 16.4. The van der Waals surface area contributed by atoms with E-state index in [1.54, 1.807) is 0 Å². The quantitative estimate of drug-likeness (QED) is 0.721. The van der Waals surface area contributed by atoms with E-state index in [-0.39, 0.29) is 6.10 Å². The van der Waals surface area contributed by atoms with Crippen LogP contribution in [0.2, 0.25) is 0 Å². The van der Waals surface area contributed by atoms with E-state index in [9.17, 15) is 5.11 Å². The minimum absolute atomic E-state index is 0.120. The van der Waals surface area contributed by atoms with Crippen molar-refractivity contribution in [3.8, 4) is 0 Å². The van der Waals surface area contributed by atoms with Crippen LogP contribution in [-0.4, -0.2) is 33.8 Å². The van der Waals surface area contributed by atoms with Crippen molar-refractivity contribution >= 4 is 11.6 Å². The molecular formula is C16H28N4O. The van der Waals surface area contributed by atoms with Crippen molar-refractivity contribution in [1.29, 1.82) is 0 Å². The lowest BCUT2D eigenvalue weighted by Gasteiger charge is -2.26. The van der Waals surface area contributed by atoms with Gasteiger partial charge in [0.05, 0.1) is 6.10 Å². The molecule has 1 fully saturated rings. The van der Waals surface area contributed by atoms with Gasteiger partial charge in [0.15, 0.2) is 0 Å². The summed E-state index contributed by atoms with van der Waals surface area (Å²) in [6.45, 7) is 5.22. The molecule has 0 amide bonds. The summed E-state index contributed by atoms with van der Waals surface area (Å²) in [7, 11) is 0. The number of aliphatic hydroxyl groups is 1. The molecule has 1 aliphatic rings. The Kier molecular flexibility index (Phi) is 6.23. The number of hydrogen-bond donors (Lipinski definition) is 3. The van der Waals surface area contributed by atoms with Crippen molar-refractivity contribution in [2.24, 2.45) is 0 Å². The van der Waals surface area contributed by atoms with Crippen molar-refractivity contribution in [3.05, 3.63) is 11.9 Å². The highest BCUT2D eigenvalue weighted by atomic mass is 16.3. The smallest absolute Gasteiger partial charge is 0.133 e. The molecule has 3 N–H and O–H groups in total. The van der Waals surface area contributed by atoms with Crippen LogP contribution in [0.1, 0.15) is 58.2 Å². The Hall–Kier alpha value is -1.36. The first-order valence-corrected chi connectivity index (χ1v) is 8.27. The molecule has 1 aliphatic carbocycles. The molecule has 1 heterocycles. The average Bonchev–Trinajstić information content (AvgIpc) is 2.48. The molecule has 5 heteroatoms. The van der Waals surface area contributed by atoms with Crippen molar-refractivity contribution in [3.63, 3.8) is 0 Å². The minimum Gasteiger partial charge on any atom is -0.393 e. The third-order valence-corrected chi connectivity index (χ3v) is 3.85. The predicted octanol–water partition coefficient (Wildman–Crippen LogP) is 2.97. The molecule has 0 atom stereocenters. The summed E-state index contributed by atoms with van der Waals surface area (Å²) in [5.41, 5.74) is 0. The molecule has 5 nitrogen and oxygen atoms in total. The maximum Gasteiger partial charge on any atom is 0.133 e. The summed E-state index contributed by atoms with van der Waals surface area (Å²) in [5.74, 6) is 2.72. The Balaban J connectivity index is 2.03. The first-order chi connectivity index (χ1) is 10.2. The van der Waals surface area contributed by atoms with E-state index in [0.717, 1.165) is 69.0 Å². The third kappa shape index (κ3) is 5.16. The van der Waals surface area contributed by atoms with Crippen LogP contribution < -0.4 is 10.6 Å². The Bertz CT molecular complexity index is 430. The predicted molar refractivity (Wildman–Crippen MR) is 86.7 cm³/mol. The van der Waals surface area contributed by atoms with Gasteiger partial charge in [0.2, 0.25) is 0 Å². The van der Waals surface area contributed by atoms with Crippen LogP contribution >= 0.6 is 0 Å². The van der Waals surface area contributed by atoms with Crippen molar-refractivity contribution in [2.75, 3.05) is 17.2 Å². The van der Waals surface area contributed by atoms with Crippen LogP contribution in [0.15, 0.2) is 6.07 Å². The summed E-state index contributed by atoms with van der Waals surface area (Å²) >= 11 is 0. The summed E-state index contributed by atoms with van der Waals surface area (Å²) in [4.78, 5) is 9.18. The van der Waals surface area contributed by atoms with Gasteiger partial charge in [-0.1, -0.05) is 13.8 Å². The van der Waals surface area contributed by atoms with Crippen LogP contribution in [0.3, 0.4) is 0 Å². The Morgan fingerprint density at radius 3 is 2.48 bits per heavy atom. The van der Waals surface area contributed by atoms with Crippen LogP contribution in [0.5, 0.6) is 0 Å². The van der Waals surface area contributed by atoms with E-state index in [4.69, 9.17) is 0 Å². The van der Waals surface area contributed by atoms with Gasteiger partial charge in [0, 0.05) is 25.1 Å². The fourth-order valence-corrected chi connectivity index (χ4v) is 2.68. The van der Waals surface area contributed by atoms with Gasteiger partial charge in [-0.25, -0.2) is 9.97 Å². The van der Waals surface area contributed by atoms with Crippen molar-refractivity contribution in [1.82, 2.24) is 9.97 Å². The molecule has 0 radical (unpaired) electrons. The van der Waals surface area contributed by atoms with E-state index in [2.05, 4.69) is 34.4 Å². The molecule has 0 spiro atoms. The summed E-state index contributed by atoms with van der Waals surface area (Å²) in [6.07, 6.45) is 6.68. The maximum absolute atomic E-state index is 9.58. The number of hydrogen-bond acceptors (Lipinski definition) is 5. The normalized spacial score (nSPS) is 22.0. The van der Waals surface area contributed by atoms with Gasteiger partial charge in [-0.3, -0.25) is 0 Å². The summed E-state index contributed by atoms with van der Waals surface area (Å²) in [6, 6.07) is 2.41. The standard InChI is InChI=1S/C16H28N4O/c1-3-5-14-19-15(17-10-4-2)11-16(20-14)18-12-6-8-13(21)9-7-12/h11-13,21H,3-10H2,1-2H3,(H2,17,18,19,20). The highest BCUT2D eigenvalue weighted by molar-refractivity contribution is 5.48. The summed E-state index contributed by atoms with van der Waals surface area (Å²) < 4.78 is 0. The van der Waals surface area contributed by atoms with Crippen molar-refractivity contribution < 1.29 is 5.11 Å². The largest absolute Gasteiger partial charge is 0.393 e. The lowest BCUT2D eigenvalue weighted by Crippen LogP contribution is -2.28. The van der Waals surface area contributed by atoms with Crippen LogP contribution in [-0.2, 0) is 6.42 Å². The highest BCUT2D eigenvalue weighted by Gasteiger charge is 2.19. The van der Waals surface area contributed by atoms with Crippen LogP contribution in [0.25, 0.3) is 0 Å². The molecule has 1 aromatic heterocycles. The molecule has 0 aliphatic heterocycles. The van der Waals surface area contributed by atoms with E-state index in [1.165, 1.54) is 0 Å². The topological polar surface area (TPSA) is 70.1 Å². The fourth-order valence-electron chi connectivity index (χ4n) is 2.68. The number of aryl methyl sites for hydroxylation is 1. The second-order valence-electron chi connectivity index (χ2n) is 5.88. The zero-order valence-electron chi connectivity index (χ0n) is 13.2. The lowest BCUT2D eigenvalue weighted by molar-refractivity contribution is 0.126. The molecular weight excluding hydrogens is 264 g/mol. The van der Waals surface area contributed by atoms with E-state index in [1.807, 2.05) is 6.07 Å². The second-order valence-corrected chi connectivity index (χ2v) is 5.88. The first-order valence-electron chi connectivity index (χ1n) is 8.27. The van der Waals surface area contributed by atoms with Gasteiger partial charge in [-0.05, 0) is 38.5 Å². The number of rotatable bonds is 7. The Labute approximate surface area is 127 Å². The van der Waals surface area contributed by atoms with Crippen LogP contribution in [0.4, 0.5) is 11.6 Å². The molecule has 118 valence electrons. The minimum atomic E-state index is -0.120. The molecule has 0 saturated heterocycles. The van der Waals surface area contributed by atoms with E-state index < -0.39 is 0 Å². The Morgan fingerprint density at radius 2 is 1.81 bits per heavy atom. The molecule has 0 unspecified atom stereocenters. The molecule has 0 aromatic carbocycles. The van der Waals surface area contributed by atoms with E-state index >= 15 is 0 Å². The number of nitrogens with one attached hydrogen (secondary N) is 2. The number of aliphatic hydroxyl groups excluding tert-OH is 1. The molecule has 1 aromatic rings. The van der Waals surface area contributed by atoms with Gasteiger partial charge in [0.25, 0.3) is 0 Å². The van der Waals surface area contributed by atoms with E-state index in [0.29, 0.717) is 6.04 Å². The molecule has 1 saturated carbocycles. The number of anilines is 2. The van der Waals surface area contributed by atoms with Crippen LogP contribution in [0, 0.1) is 0 Å². The SMILES string of the molecule is CCCNc1cc(NC2CCC(O)CC2)nc(CCC)n1. The monoisotopic (exact) mass is 292 g/mol. The van der Waals surface area contributed by atoms with Gasteiger partial charge in [-0.15, -0.1) is 0 Å². The second kappa shape index (κ2) is 8.17. The zero-order chi connectivity index (χ0) is 15.1. The molecule has 0 bridgehead atoms. The van der Waals surface area contributed by atoms with Crippen molar-refractivity contribution in [2.45, 2.75) is 70.9 Å². The lowest BCUT2D eigenvalue weighted by atomic mass is 9.93. The maximum atomic E-state index is 9.58. The highest BCUT2D eigenvalue weighted by Crippen LogP contribution is 2.22. The molecule has 2 rings (SSSR count). The molecule has 21 heavy (non-hydrogen) atoms. The third-order valence-electron chi connectivity index (χ3n) is 3.85. The van der Waals surface area contributed by atoms with Gasteiger partial charge in [0.1, 0.15) is 17.5 Å². The zero-order valence-corrected chi connectivity index (χ0v) is 13.2. The van der Waals surface area contributed by atoms with Gasteiger partial charge in [-0.2, -0.15) is 0 Å². The number of nitrogens with zero attached hydrogens (tertiary/aromatic N) is 2. The number of aromatic nitrogens is 2. The van der Waals surface area contributed by atoms with Gasteiger partial charge >= 0.3 is 0 Å². The average molecular weight is 292 g/mol. The van der Waals surface area contributed by atoms with Gasteiger partial charge < -0.3 is 15.7 Å². The fraction of sp³-hybridized carbons (Fsp3) is 0.750. The first kappa shape index (κ1) is 16.0.